The van der Waals surface area contributed by atoms with E-state index in [4.69, 9.17) is 4.74 Å². The molecule has 0 aliphatic heterocycles. The third kappa shape index (κ3) is 4.18. The van der Waals surface area contributed by atoms with E-state index in [-0.39, 0.29) is 5.91 Å². The Morgan fingerprint density at radius 2 is 2.09 bits per heavy atom. The average molecular weight is 312 g/mol. The van der Waals surface area contributed by atoms with Gasteiger partial charge in [0, 0.05) is 12.6 Å². The number of anilines is 1. The number of hydrogen-bond acceptors (Lipinski definition) is 5. The zero-order valence-electron chi connectivity index (χ0n) is 13.1. The zero-order chi connectivity index (χ0) is 16.1. The Labute approximate surface area is 135 Å². The molecular weight excluding hydrogens is 292 g/mol. The first-order valence-corrected chi connectivity index (χ1v) is 7.75. The number of amides is 1. The maximum atomic E-state index is 12.1. The fourth-order valence-corrected chi connectivity index (χ4v) is 2.27. The van der Waals surface area contributed by atoms with Crippen LogP contribution in [0.25, 0.3) is 0 Å². The summed E-state index contributed by atoms with van der Waals surface area (Å²) in [5, 5.41) is 6.09. The topological polar surface area (TPSA) is 76.1 Å². The minimum absolute atomic E-state index is 0.217. The molecule has 1 aromatic heterocycles. The molecule has 0 unspecified atom stereocenters. The number of hydrogen-bond donors (Lipinski definition) is 2. The molecule has 120 valence electrons. The van der Waals surface area contributed by atoms with Crippen molar-refractivity contribution in [2.45, 2.75) is 25.3 Å². The Hall–Kier alpha value is -2.63. The lowest BCUT2D eigenvalue weighted by Gasteiger charge is -2.09. The molecule has 1 aliphatic carbocycles. The highest BCUT2D eigenvalue weighted by Crippen LogP contribution is 2.23. The van der Waals surface area contributed by atoms with Gasteiger partial charge in [-0.1, -0.05) is 18.2 Å². The van der Waals surface area contributed by atoms with Crippen molar-refractivity contribution in [3.05, 3.63) is 47.9 Å². The molecule has 6 heteroatoms. The number of methoxy groups -OCH3 is 1. The van der Waals surface area contributed by atoms with Crippen molar-refractivity contribution in [3.8, 4) is 5.75 Å². The van der Waals surface area contributed by atoms with Crippen LogP contribution < -0.4 is 15.4 Å². The van der Waals surface area contributed by atoms with Crippen molar-refractivity contribution in [3.63, 3.8) is 0 Å². The van der Waals surface area contributed by atoms with Crippen molar-refractivity contribution >= 4 is 11.7 Å². The van der Waals surface area contributed by atoms with Crippen LogP contribution in [-0.4, -0.2) is 35.6 Å². The summed E-state index contributed by atoms with van der Waals surface area (Å²) in [7, 11) is 1.64. The molecule has 1 saturated carbocycles. The largest absolute Gasteiger partial charge is 0.496 e. The van der Waals surface area contributed by atoms with Crippen LogP contribution in [0, 0.1) is 0 Å². The number of nitrogens with zero attached hydrogens (tertiary/aromatic N) is 2. The molecule has 2 N–H and O–H groups in total. The van der Waals surface area contributed by atoms with E-state index in [1.54, 1.807) is 13.3 Å². The molecule has 1 aliphatic rings. The van der Waals surface area contributed by atoms with Gasteiger partial charge in [0.25, 0.3) is 5.91 Å². The van der Waals surface area contributed by atoms with Gasteiger partial charge in [-0.05, 0) is 30.9 Å². The molecule has 23 heavy (non-hydrogen) atoms. The van der Waals surface area contributed by atoms with Crippen molar-refractivity contribution in [2.24, 2.45) is 0 Å². The normalized spacial score (nSPS) is 13.4. The Morgan fingerprint density at radius 1 is 1.26 bits per heavy atom. The second-order valence-corrected chi connectivity index (χ2v) is 5.52. The van der Waals surface area contributed by atoms with E-state index in [0.717, 1.165) is 17.1 Å². The predicted molar refractivity (Wildman–Crippen MR) is 87.7 cm³/mol. The first-order chi connectivity index (χ1) is 11.3. The molecule has 6 nitrogen and oxygen atoms in total. The highest BCUT2D eigenvalue weighted by Gasteiger charge is 2.21. The lowest BCUT2D eigenvalue weighted by Crippen LogP contribution is -2.26. The number of benzene rings is 1. The molecule has 0 bridgehead atoms. The van der Waals surface area contributed by atoms with Gasteiger partial charge >= 0.3 is 0 Å². The first kappa shape index (κ1) is 15.3. The standard InChI is InChI=1S/C17H20N4O2/c1-23-15-5-3-2-4-12(15)8-9-18-17(22)14-10-20-16(11-19-14)21-13-6-7-13/h2-5,10-11,13H,6-9H2,1H3,(H,18,22)(H,20,21). The minimum Gasteiger partial charge on any atom is -0.496 e. The summed E-state index contributed by atoms with van der Waals surface area (Å²) in [4.78, 5) is 20.4. The second-order valence-electron chi connectivity index (χ2n) is 5.52. The molecular formula is C17H20N4O2. The van der Waals surface area contributed by atoms with E-state index < -0.39 is 0 Å². The maximum Gasteiger partial charge on any atom is 0.271 e. The molecule has 2 aromatic rings. The molecule has 3 rings (SSSR count). The maximum absolute atomic E-state index is 12.1. The summed E-state index contributed by atoms with van der Waals surface area (Å²) in [6.07, 6.45) is 6.15. The van der Waals surface area contributed by atoms with Crippen LogP contribution in [0.1, 0.15) is 28.9 Å². The van der Waals surface area contributed by atoms with Crippen molar-refractivity contribution in [2.75, 3.05) is 19.0 Å². The van der Waals surface area contributed by atoms with E-state index in [1.165, 1.54) is 19.0 Å². The highest BCUT2D eigenvalue weighted by molar-refractivity contribution is 5.92. The Morgan fingerprint density at radius 3 is 2.78 bits per heavy atom. The fourth-order valence-electron chi connectivity index (χ4n) is 2.27. The first-order valence-electron chi connectivity index (χ1n) is 7.75. The lowest BCUT2D eigenvalue weighted by atomic mass is 10.1. The van der Waals surface area contributed by atoms with E-state index in [9.17, 15) is 4.79 Å². The van der Waals surface area contributed by atoms with Crippen LogP contribution in [-0.2, 0) is 6.42 Å². The molecule has 0 saturated heterocycles. The molecule has 0 atom stereocenters. The van der Waals surface area contributed by atoms with Crippen LogP contribution in [0.15, 0.2) is 36.7 Å². The van der Waals surface area contributed by atoms with E-state index >= 15 is 0 Å². The lowest BCUT2D eigenvalue weighted by molar-refractivity contribution is 0.0948. The van der Waals surface area contributed by atoms with E-state index in [2.05, 4.69) is 20.6 Å². The number of rotatable bonds is 7. The Balaban J connectivity index is 1.50. The number of aromatic nitrogens is 2. The minimum atomic E-state index is -0.217. The van der Waals surface area contributed by atoms with Gasteiger partial charge in [0.15, 0.2) is 0 Å². The second kappa shape index (κ2) is 7.09. The Kier molecular flexibility index (Phi) is 4.71. The Bertz CT molecular complexity index is 669. The van der Waals surface area contributed by atoms with Crippen LogP contribution in [0.4, 0.5) is 5.82 Å². The number of nitrogens with one attached hydrogen (secondary N) is 2. The monoisotopic (exact) mass is 312 g/mol. The van der Waals surface area contributed by atoms with Crippen LogP contribution in [0.5, 0.6) is 5.75 Å². The molecule has 0 radical (unpaired) electrons. The van der Waals surface area contributed by atoms with Crippen LogP contribution in [0.3, 0.4) is 0 Å². The summed E-state index contributed by atoms with van der Waals surface area (Å²) in [6.45, 7) is 0.517. The van der Waals surface area contributed by atoms with Gasteiger partial charge in [-0.15, -0.1) is 0 Å². The third-order valence-electron chi connectivity index (χ3n) is 3.69. The number of carbonyl (C=O) groups excluding carboxylic acids is 1. The summed E-state index contributed by atoms with van der Waals surface area (Å²) in [6, 6.07) is 8.30. The summed E-state index contributed by atoms with van der Waals surface area (Å²) < 4.78 is 5.30. The smallest absolute Gasteiger partial charge is 0.271 e. The van der Waals surface area contributed by atoms with E-state index in [0.29, 0.717) is 24.7 Å². The molecule has 1 fully saturated rings. The molecule has 1 amide bonds. The quantitative estimate of drug-likeness (QED) is 0.818. The van der Waals surface area contributed by atoms with Gasteiger partial charge in [-0.3, -0.25) is 4.79 Å². The van der Waals surface area contributed by atoms with Gasteiger partial charge < -0.3 is 15.4 Å². The third-order valence-corrected chi connectivity index (χ3v) is 3.69. The fraction of sp³-hybridized carbons (Fsp3) is 0.353. The van der Waals surface area contributed by atoms with Gasteiger partial charge in [-0.2, -0.15) is 0 Å². The highest BCUT2D eigenvalue weighted by atomic mass is 16.5. The molecule has 0 spiro atoms. The SMILES string of the molecule is COc1ccccc1CCNC(=O)c1cnc(NC2CC2)cn1. The summed E-state index contributed by atoms with van der Waals surface area (Å²) in [5.41, 5.74) is 1.39. The summed E-state index contributed by atoms with van der Waals surface area (Å²) in [5.74, 6) is 1.33. The molecule has 1 aromatic carbocycles. The van der Waals surface area contributed by atoms with Gasteiger partial charge in [0.1, 0.15) is 17.3 Å². The summed E-state index contributed by atoms with van der Waals surface area (Å²) >= 11 is 0. The predicted octanol–water partition coefficient (Wildman–Crippen LogP) is 2.03. The van der Waals surface area contributed by atoms with Crippen molar-refractivity contribution < 1.29 is 9.53 Å². The van der Waals surface area contributed by atoms with E-state index in [1.807, 2.05) is 24.3 Å². The van der Waals surface area contributed by atoms with Crippen molar-refractivity contribution in [1.82, 2.24) is 15.3 Å². The number of para-hydroxylation sites is 1. The average Bonchev–Trinajstić information content (AvgIpc) is 3.40. The number of ether oxygens (including phenoxy) is 1. The van der Waals surface area contributed by atoms with Gasteiger partial charge in [0.2, 0.25) is 0 Å². The van der Waals surface area contributed by atoms with Crippen LogP contribution >= 0.6 is 0 Å². The molecule has 1 heterocycles. The van der Waals surface area contributed by atoms with Gasteiger partial charge in [-0.25, -0.2) is 9.97 Å². The van der Waals surface area contributed by atoms with Gasteiger partial charge in [0.05, 0.1) is 19.5 Å². The van der Waals surface area contributed by atoms with Crippen LogP contribution in [0.2, 0.25) is 0 Å². The number of carbonyl (C=O) groups is 1. The zero-order valence-corrected chi connectivity index (χ0v) is 13.1. The van der Waals surface area contributed by atoms with Crippen molar-refractivity contribution in [1.29, 1.82) is 0 Å².